The Labute approximate surface area is 103 Å². The fraction of sp³-hybridized carbons (Fsp3) is 0.250. The molecule has 2 N–H and O–H groups in total. The summed E-state index contributed by atoms with van der Waals surface area (Å²) in [5, 5.41) is 2.40. The van der Waals surface area contributed by atoms with Crippen LogP contribution in [-0.4, -0.2) is 0 Å². The number of rotatable bonds is 4. The van der Waals surface area contributed by atoms with Gasteiger partial charge in [-0.15, -0.1) is 0 Å². The Morgan fingerprint density at radius 3 is 2.82 bits per heavy atom. The van der Waals surface area contributed by atoms with Gasteiger partial charge in [0.05, 0.1) is 0 Å². The van der Waals surface area contributed by atoms with Crippen molar-refractivity contribution in [1.82, 2.24) is 0 Å². The van der Waals surface area contributed by atoms with Gasteiger partial charge in [-0.3, -0.25) is 0 Å². The number of hydrogen-bond donors (Lipinski definition) is 1. The van der Waals surface area contributed by atoms with Crippen molar-refractivity contribution >= 4 is 16.5 Å². The zero-order chi connectivity index (χ0) is 12.1. The normalized spacial score (nSPS) is 11.4. The fourth-order valence-corrected chi connectivity index (χ4v) is 1.93. The molecule has 0 saturated carbocycles. The van der Waals surface area contributed by atoms with Crippen molar-refractivity contribution < 1.29 is 0 Å². The van der Waals surface area contributed by atoms with Gasteiger partial charge in [0, 0.05) is 11.3 Å². The highest BCUT2D eigenvalue weighted by Crippen LogP contribution is 2.24. The minimum absolute atomic E-state index is 0.802. The number of allylic oxidation sites excluding steroid dienone is 1. The van der Waals surface area contributed by atoms with Gasteiger partial charge in [0.2, 0.25) is 0 Å². The quantitative estimate of drug-likeness (QED) is 0.607. The summed E-state index contributed by atoms with van der Waals surface area (Å²) in [5.41, 5.74) is 7.85. The smallest absolute Gasteiger partial charge is 0.0400 e. The number of nitrogens with two attached hydrogens (primary N) is 1. The molecule has 0 fully saturated rings. The Morgan fingerprint density at radius 2 is 2.00 bits per heavy atom. The van der Waals surface area contributed by atoms with Gasteiger partial charge < -0.3 is 5.73 Å². The number of anilines is 1. The SMILES string of the molecule is CCCC/C=[C]\c1c(N)ccc2ccccc12. The summed E-state index contributed by atoms with van der Waals surface area (Å²) in [7, 11) is 0. The monoisotopic (exact) mass is 224 g/mol. The molecule has 0 spiro atoms. The van der Waals surface area contributed by atoms with E-state index in [9.17, 15) is 0 Å². The summed E-state index contributed by atoms with van der Waals surface area (Å²) in [6.07, 6.45) is 8.93. The minimum Gasteiger partial charge on any atom is -0.398 e. The van der Waals surface area contributed by atoms with E-state index in [0.717, 1.165) is 17.7 Å². The average Bonchev–Trinajstić information content (AvgIpc) is 2.37. The largest absolute Gasteiger partial charge is 0.398 e. The molecule has 0 unspecified atom stereocenters. The highest BCUT2D eigenvalue weighted by molar-refractivity contribution is 5.90. The Kier molecular flexibility index (Phi) is 3.81. The standard InChI is InChI=1S/C16H18N/c1-2-3-4-5-10-15-14-9-7-6-8-13(14)11-12-16(15)17/h5-9,11-12H,2-4,17H2,1H3. The van der Waals surface area contributed by atoms with E-state index < -0.39 is 0 Å². The molecule has 87 valence electrons. The van der Waals surface area contributed by atoms with E-state index in [1.54, 1.807) is 0 Å². The number of hydrogen-bond acceptors (Lipinski definition) is 1. The van der Waals surface area contributed by atoms with Gasteiger partial charge in [-0.1, -0.05) is 56.2 Å². The molecule has 0 aliphatic heterocycles. The van der Waals surface area contributed by atoms with Crippen molar-refractivity contribution in [3.8, 4) is 0 Å². The van der Waals surface area contributed by atoms with Gasteiger partial charge >= 0.3 is 0 Å². The van der Waals surface area contributed by atoms with Crippen molar-refractivity contribution in [3.05, 3.63) is 54.1 Å². The predicted octanol–water partition coefficient (Wildman–Crippen LogP) is 4.32. The van der Waals surface area contributed by atoms with Crippen LogP contribution in [-0.2, 0) is 0 Å². The van der Waals surface area contributed by atoms with Crippen LogP contribution in [0, 0.1) is 6.08 Å². The lowest BCUT2D eigenvalue weighted by atomic mass is 10.0. The van der Waals surface area contributed by atoms with Gasteiger partial charge in [-0.2, -0.15) is 0 Å². The molecule has 1 heteroatoms. The molecule has 0 aliphatic carbocycles. The molecule has 17 heavy (non-hydrogen) atoms. The zero-order valence-corrected chi connectivity index (χ0v) is 10.2. The van der Waals surface area contributed by atoms with E-state index >= 15 is 0 Å². The first-order chi connectivity index (χ1) is 8.33. The highest BCUT2D eigenvalue weighted by Gasteiger charge is 2.01. The predicted molar refractivity (Wildman–Crippen MR) is 74.8 cm³/mol. The lowest BCUT2D eigenvalue weighted by Gasteiger charge is -2.05. The maximum absolute atomic E-state index is 6.02. The Bertz CT molecular complexity index is 526. The molecule has 0 saturated heterocycles. The van der Waals surface area contributed by atoms with Gasteiger partial charge in [0.15, 0.2) is 0 Å². The van der Waals surface area contributed by atoms with Crippen molar-refractivity contribution in [1.29, 1.82) is 0 Å². The summed E-state index contributed by atoms with van der Waals surface area (Å²) in [6, 6.07) is 12.3. The minimum atomic E-state index is 0.802. The van der Waals surface area contributed by atoms with Crippen molar-refractivity contribution in [2.75, 3.05) is 5.73 Å². The summed E-state index contributed by atoms with van der Waals surface area (Å²) < 4.78 is 0. The lowest BCUT2D eigenvalue weighted by Crippen LogP contribution is -1.91. The topological polar surface area (TPSA) is 26.0 Å². The first-order valence-corrected chi connectivity index (χ1v) is 6.18. The number of unbranched alkanes of at least 4 members (excludes halogenated alkanes) is 2. The molecule has 1 radical (unpaired) electrons. The second-order valence-corrected chi connectivity index (χ2v) is 4.24. The Hall–Kier alpha value is -1.76. The molecule has 0 heterocycles. The van der Waals surface area contributed by atoms with Crippen LogP contribution in [0.3, 0.4) is 0 Å². The second-order valence-electron chi connectivity index (χ2n) is 4.24. The zero-order valence-electron chi connectivity index (χ0n) is 10.2. The summed E-state index contributed by atoms with van der Waals surface area (Å²) in [6.45, 7) is 2.19. The molecule has 0 aromatic heterocycles. The number of benzene rings is 2. The van der Waals surface area contributed by atoms with Crippen LogP contribution in [0.1, 0.15) is 31.7 Å². The first kappa shape index (κ1) is 11.7. The third kappa shape index (κ3) is 2.68. The van der Waals surface area contributed by atoms with Crippen molar-refractivity contribution in [2.24, 2.45) is 0 Å². The van der Waals surface area contributed by atoms with Crippen LogP contribution in [0.25, 0.3) is 10.8 Å². The van der Waals surface area contributed by atoms with E-state index in [0.29, 0.717) is 0 Å². The molecule has 0 aliphatic rings. The van der Waals surface area contributed by atoms with Crippen LogP contribution < -0.4 is 5.73 Å². The third-order valence-electron chi connectivity index (χ3n) is 2.91. The molecular weight excluding hydrogens is 206 g/mol. The lowest BCUT2D eigenvalue weighted by molar-refractivity contribution is 0.813. The number of nitrogen functional groups attached to an aromatic ring is 1. The van der Waals surface area contributed by atoms with Gasteiger partial charge in [-0.25, -0.2) is 0 Å². The van der Waals surface area contributed by atoms with E-state index in [-0.39, 0.29) is 0 Å². The summed E-state index contributed by atoms with van der Waals surface area (Å²) >= 11 is 0. The molecular formula is C16H18N. The summed E-state index contributed by atoms with van der Waals surface area (Å²) in [4.78, 5) is 0. The van der Waals surface area contributed by atoms with Crippen LogP contribution in [0.4, 0.5) is 5.69 Å². The average molecular weight is 224 g/mol. The third-order valence-corrected chi connectivity index (χ3v) is 2.91. The van der Waals surface area contributed by atoms with E-state index in [4.69, 9.17) is 5.73 Å². The summed E-state index contributed by atoms with van der Waals surface area (Å²) in [5.74, 6) is 0. The van der Waals surface area contributed by atoms with Gasteiger partial charge in [-0.05, 0) is 29.3 Å². The van der Waals surface area contributed by atoms with Crippen LogP contribution in [0.5, 0.6) is 0 Å². The maximum atomic E-state index is 6.02. The molecule has 1 nitrogen and oxygen atoms in total. The molecule has 2 aromatic carbocycles. The maximum Gasteiger partial charge on any atom is 0.0400 e. The van der Waals surface area contributed by atoms with E-state index in [1.807, 2.05) is 18.2 Å². The van der Waals surface area contributed by atoms with Crippen molar-refractivity contribution in [3.63, 3.8) is 0 Å². The highest BCUT2D eigenvalue weighted by atomic mass is 14.6. The number of fused-ring (bicyclic) bond motifs is 1. The second kappa shape index (κ2) is 5.53. The fourth-order valence-electron chi connectivity index (χ4n) is 1.93. The van der Waals surface area contributed by atoms with Crippen LogP contribution in [0.2, 0.25) is 0 Å². The molecule has 0 amide bonds. The molecule has 0 atom stereocenters. The van der Waals surface area contributed by atoms with Gasteiger partial charge in [0.25, 0.3) is 0 Å². The van der Waals surface area contributed by atoms with E-state index in [1.165, 1.54) is 23.6 Å². The van der Waals surface area contributed by atoms with E-state index in [2.05, 4.69) is 37.3 Å². The van der Waals surface area contributed by atoms with Crippen LogP contribution in [0.15, 0.2) is 42.5 Å². The molecule has 2 aromatic rings. The van der Waals surface area contributed by atoms with Crippen LogP contribution >= 0.6 is 0 Å². The molecule has 0 bridgehead atoms. The Morgan fingerprint density at radius 1 is 1.18 bits per heavy atom. The first-order valence-electron chi connectivity index (χ1n) is 6.18. The Balaban J connectivity index is 2.37. The molecule has 2 rings (SSSR count). The van der Waals surface area contributed by atoms with Gasteiger partial charge in [0.1, 0.15) is 0 Å². The van der Waals surface area contributed by atoms with Crippen molar-refractivity contribution in [2.45, 2.75) is 26.2 Å².